The van der Waals surface area contributed by atoms with Gasteiger partial charge >= 0.3 is 0 Å². The minimum Gasteiger partial charge on any atom is -0.377 e. The quantitative estimate of drug-likeness (QED) is 0.619. The van der Waals surface area contributed by atoms with Crippen LogP contribution in [-0.4, -0.2) is 25.3 Å². The molecule has 0 aromatic heterocycles. The lowest BCUT2D eigenvalue weighted by Gasteiger charge is -2.26. The minimum absolute atomic E-state index is 0.395. The maximum absolute atomic E-state index is 5.74. The Morgan fingerprint density at radius 3 is 2.21 bits per heavy atom. The number of hydrogen-bond acceptors (Lipinski definition) is 2. The highest BCUT2D eigenvalue weighted by Crippen LogP contribution is 2.10. The molecule has 1 N–H and O–H groups in total. The molecule has 14 heavy (non-hydrogen) atoms. The first-order chi connectivity index (χ1) is 6.79. The number of ether oxygens (including phenoxy) is 1. The van der Waals surface area contributed by atoms with Crippen LogP contribution in [0.3, 0.4) is 0 Å². The van der Waals surface area contributed by atoms with Gasteiger partial charge in [-0.15, -0.1) is 0 Å². The number of rotatable bonds is 9. The molecule has 0 saturated carbocycles. The van der Waals surface area contributed by atoms with Crippen molar-refractivity contribution < 1.29 is 4.74 Å². The van der Waals surface area contributed by atoms with E-state index >= 15 is 0 Å². The lowest BCUT2D eigenvalue weighted by molar-refractivity contribution is 0.0295. The monoisotopic (exact) mass is 201 g/mol. The third kappa shape index (κ3) is 5.61. The maximum atomic E-state index is 5.74. The molecule has 0 aliphatic carbocycles. The topological polar surface area (TPSA) is 21.3 Å². The molecule has 0 heterocycles. The molecule has 0 radical (unpaired) electrons. The van der Waals surface area contributed by atoms with Gasteiger partial charge in [-0.1, -0.05) is 27.2 Å². The van der Waals surface area contributed by atoms with Crippen molar-refractivity contribution >= 4 is 0 Å². The Morgan fingerprint density at radius 2 is 1.79 bits per heavy atom. The van der Waals surface area contributed by atoms with Crippen LogP contribution in [0.25, 0.3) is 0 Å². The zero-order valence-corrected chi connectivity index (χ0v) is 10.3. The first-order valence-electron chi connectivity index (χ1n) is 6.14. The zero-order chi connectivity index (χ0) is 10.8. The van der Waals surface area contributed by atoms with E-state index < -0.39 is 0 Å². The predicted molar refractivity (Wildman–Crippen MR) is 62.7 cm³/mol. The van der Waals surface area contributed by atoms with Gasteiger partial charge in [0.15, 0.2) is 0 Å². The summed E-state index contributed by atoms with van der Waals surface area (Å²) >= 11 is 0. The summed E-state index contributed by atoms with van der Waals surface area (Å²) in [6.45, 7) is 10.7. The Bertz CT molecular complexity index is 117. The number of nitrogens with one attached hydrogen (secondary N) is 1. The second-order valence-corrected chi connectivity index (χ2v) is 3.75. The normalized spacial score (nSPS) is 15.4. The highest BCUT2D eigenvalue weighted by molar-refractivity contribution is 4.75. The Balaban J connectivity index is 3.97. The van der Waals surface area contributed by atoms with Crippen LogP contribution in [-0.2, 0) is 4.74 Å². The summed E-state index contributed by atoms with van der Waals surface area (Å²) in [6.07, 6.45) is 5.15. The van der Waals surface area contributed by atoms with Crippen molar-refractivity contribution in [1.29, 1.82) is 0 Å². The van der Waals surface area contributed by atoms with E-state index in [1.807, 2.05) is 0 Å². The zero-order valence-electron chi connectivity index (χ0n) is 10.3. The van der Waals surface area contributed by atoms with E-state index in [1.165, 1.54) is 19.3 Å². The molecule has 2 atom stereocenters. The third-order valence-electron chi connectivity index (χ3n) is 2.49. The molecule has 86 valence electrons. The summed E-state index contributed by atoms with van der Waals surface area (Å²) in [4.78, 5) is 0. The van der Waals surface area contributed by atoms with Crippen molar-refractivity contribution in [2.45, 2.75) is 65.5 Å². The highest BCUT2D eigenvalue weighted by atomic mass is 16.5. The van der Waals surface area contributed by atoms with Crippen LogP contribution in [0.15, 0.2) is 0 Å². The average Bonchev–Trinajstić information content (AvgIpc) is 2.21. The molecule has 0 bridgehead atoms. The van der Waals surface area contributed by atoms with Gasteiger partial charge in [0.1, 0.15) is 0 Å². The lowest BCUT2D eigenvalue weighted by Crippen LogP contribution is -2.41. The van der Waals surface area contributed by atoms with E-state index in [-0.39, 0.29) is 0 Å². The van der Waals surface area contributed by atoms with Gasteiger partial charge < -0.3 is 10.1 Å². The molecule has 0 aliphatic rings. The van der Waals surface area contributed by atoms with Crippen molar-refractivity contribution in [2.75, 3.05) is 13.2 Å². The summed E-state index contributed by atoms with van der Waals surface area (Å²) < 4.78 is 5.74. The second kappa shape index (κ2) is 9.47. The Kier molecular flexibility index (Phi) is 9.42. The molecule has 0 fully saturated rings. The van der Waals surface area contributed by atoms with Crippen LogP contribution in [0.5, 0.6) is 0 Å². The molecule has 0 rings (SSSR count). The van der Waals surface area contributed by atoms with Gasteiger partial charge in [-0.3, -0.25) is 0 Å². The first-order valence-corrected chi connectivity index (χ1v) is 6.14. The van der Waals surface area contributed by atoms with Crippen molar-refractivity contribution in [3.05, 3.63) is 0 Å². The molecule has 0 aromatic rings. The lowest BCUT2D eigenvalue weighted by atomic mass is 10.0. The van der Waals surface area contributed by atoms with Crippen molar-refractivity contribution in [2.24, 2.45) is 0 Å². The van der Waals surface area contributed by atoms with Crippen LogP contribution in [0, 0.1) is 0 Å². The summed E-state index contributed by atoms with van der Waals surface area (Å²) in [6, 6.07) is 0.546. The SMILES string of the molecule is CCCNC(CCC)C(CC)OCC. The molecular weight excluding hydrogens is 174 g/mol. The maximum Gasteiger partial charge on any atom is 0.0725 e. The van der Waals surface area contributed by atoms with Gasteiger partial charge in [0.05, 0.1) is 6.10 Å². The summed E-state index contributed by atoms with van der Waals surface area (Å²) in [5, 5.41) is 3.58. The van der Waals surface area contributed by atoms with E-state index in [0.29, 0.717) is 12.1 Å². The van der Waals surface area contributed by atoms with Crippen LogP contribution >= 0.6 is 0 Å². The van der Waals surface area contributed by atoms with Gasteiger partial charge in [-0.25, -0.2) is 0 Å². The fourth-order valence-corrected chi connectivity index (χ4v) is 1.79. The Hall–Kier alpha value is -0.0800. The van der Waals surface area contributed by atoms with Crippen LogP contribution < -0.4 is 5.32 Å². The van der Waals surface area contributed by atoms with Crippen molar-refractivity contribution in [1.82, 2.24) is 5.32 Å². The Labute approximate surface area is 89.4 Å². The third-order valence-corrected chi connectivity index (χ3v) is 2.49. The van der Waals surface area contributed by atoms with Crippen LogP contribution in [0.2, 0.25) is 0 Å². The Morgan fingerprint density at radius 1 is 1.07 bits per heavy atom. The minimum atomic E-state index is 0.395. The van der Waals surface area contributed by atoms with E-state index in [9.17, 15) is 0 Å². The van der Waals surface area contributed by atoms with Crippen molar-refractivity contribution in [3.63, 3.8) is 0 Å². The van der Waals surface area contributed by atoms with Crippen LogP contribution in [0.4, 0.5) is 0 Å². The largest absolute Gasteiger partial charge is 0.377 e. The second-order valence-electron chi connectivity index (χ2n) is 3.75. The molecular formula is C12H27NO. The molecule has 0 aromatic carbocycles. The van der Waals surface area contributed by atoms with Crippen molar-refractivity contribution in [3.8, 4) is 0 Å². The van der Waals surface area contributed by atoms with Gasteiger partial charge in [0.2, 0.25) is 0 Å². The van der Waals surface area contributed by atoms with Gasteiger partial charge in [0, 0.05) is 12.6 Å². The molecule has 0 spiro atoms. The van der Waals surface area contributed by atoms with Crippen LogP contribution in [0.1, 0.15) is 53.4 Å². The summed E-state index contributed by atoms with van der Waals surface area (Å²) in [7, 11) is 0. The van der Waals surface area contributed by atoms with E-state index in [2.05, 4.69) is 33.0 Å². The molecule has 0 saturated heterocycles. The van der Waals surface area contributed by atoms with Gasteiger partial charge in [-0.05, 0) is 32.7 Å². The molecule has 0 aliphatic heterocycles. The van der Waals surface area contributed by atoms with Gasteiger partial charge in [0.25, 0.3) is 0 Å². The highest BCUT2D eigenvalue weighted by Gasteiger charge is 2.18. The molecule has 2 nitrogen and oxygen atoms in total. The standard InChI is InChI=1S/C12H27NO/c1-5-9-11(13-10-6-2)12(7-3)14-8-4/h11-13H,5-10H2,1-4H3. The fraction of sp³-hybridized carbons (Fsp3) is 1.00. The average molecular weight is 201 g/mol. The number of hydrogen-bond donors (Lipinski definition) is 1. The smallest absolute Gasteiger partial charge is 0.0725 e. The predicted octanol–water partition coefficient (Wildman–Crippen LogP) is 2.97. The molecule has 2 heteroatoms. The van der Waals surface area contributed by atoms with E-state index in [1.54, 1.807) is 0 Å². The molecule has 0 amide bonds. The first kappa shape index (κ1) is 13.9. The molecule has 2 unspecified atom stereocenters. The van der Waals surface area contributed by atoms with Gasteiger partial charge in [-0.2, -0.15) is 0 Å². The summed E-state index contributed by atoms with van der Waals surface area (Å²) in [5.74, 6) is 0. The fourth-order valence-electron chi connectivity index (χ4n) is 1.79. The summed E-state index contributed by atoms with van der Waals surface area (Å²) in [5.41, 5.74) is 0. The van der Waals surface area contributed by atoms with E-state index in [0.717, 1.165) is 19.6 Å². The van der Waals surface area contributed by atoms with E-state index in [4.69, 9.17) is 4.74 Å².